The van der Waals surface area contributed by atoms with Crippen LogP contribution in [0.5, 0.6) is 0 Å². The Labute approximate surface area is 188 Å². The van der Waals surface area contributed by atoms with Crippen LogP contribution in [0.2, 0.25) is 0 Å². The number of nitrogen functional groups attached to an aromatic ring is 2. The molecule has 0 spiro atoms. The van der Waals surface area contributed by atoms with Gasteiger partial charge in [-0.25, -0.2) is 0 Å². The molecular weight excluding hydrogens is 400 g/mol. The number of carbonyl (C=O) groups is 2. The highest BCUT2D eigenvalue weighted by atomic mass is 16.2. The van der Waals surface area contributed by atoms with Crippen LogP contribution in [-0.4, -0.2) is 18.4 Å². The van der Waals surface area contributed by atoms with Crippen molar-refractivity contribution in [3.05, 3.63) is 83.9 Å². The van der Waals surface area contributed by atoms with Gasteiger partial charge in [0, 0.05) is 29.9 Å². The molecule has 5 N–H and O–H groups in total. The number of hydrogen-bond acceptors (Lipinski definition) is 4. The highest BCUT2D eigenvalue weighted by molar-refractivity contribution is 6.06. The van der Waals surface area contributed by atoms with Crippen LogP contribution in [0.3, 0.4) is 0 Å². The first-order chi connectivity index (χ1) is 15.5. The van der Waals surface area contributed by atoms with Crippen LogP contribution in [-0.2, 0) is 11.2 Å². The Balaban J connectivity index is 1.38. The summed E-state index contributed by atoms with van der Waals surface area (Å²) in [5, 5.41) is 2.82. The number of hydrogen-bond donors (Lipinski definition) is 3. The van der Waals surface area contributed by atoms with Gasteiger partial charge in [-0.05, 0) is 79.3 Å². The number of benzene rings is 3. The Morgan fingerprint density at radius 1 is 0.969 bits per heavy atom. The van der Waals surface area contributed by atoms with E-state index < -0.39 is 0 Å². The molecule has 0 saturated carbocycles. The lowest BCUT2D eigenvalue weighted by molar-refractivity contribution is -0.120. The molecule has 1 aliphatic heterocycles. The highest BCUT2D eigenvalue weighted by Crippen LogP contribution is 2.28. The molecule has 4 rings (SSSR count). The second-order valence-corrected chi connectivity index (χ2v) is 8.28. The number of amides is 2. The Kier molecular flexibility index (Phi) is 6.40. The summed E-state index contributed by atoms with van der Waals surface area (Å²) in [6.45, 7) is 0.694. The summed E-state index contributed by atoms with van der Waals surface area (Å²) >= 11 is 0. The van der Waals surface area contributed by atoms with Crippen LogP contribution in [0.4, 0.5) is 22.7 Å². The Morgan fingerprint density at radius 2 is 1.69 bits per heavy atom. The zero-order valence-electron chi connectivity index (χ0n) is 18.0. The first kappa shape index (κ1) is 21.4. The second-order valence-electron chi connectivity index (χ2n) is 8.28. The van der Waals surface area contributed by atoms with Gasteiger partial charge in [-0.15, -0.1) is 0 Å². The monoisotopic (exact) mass is 428 g/mol. The summed E-state index contributed by atoms with van der Waals surface area (Å²) in [5.74, 6) is 0.332. The molecule has 6 heteroatoms. The van der Waals surface area contributed by atoms with E-state index in [2.05, 4.69) is 17.4 Å². The minimum atomic E-state index is -0.235. The number of carbonyl (C=O) groups excluding carboxylic acids is 2. The first-order valence-corrected chi connectivity index (χ1v) is 10.9. The molecule has 2 amide bonds. The lowest BCUT2D eigenvalue weighted by Gasteiger charge is -2.33. The number of anilines is 4. The Morgan fingerprint density at radius 3 is 2.41 bits per heavy atom. The van der Waals surface area contributed by atoms with Gasteiger partial charge in [-0.1, -0.05) is 24.3 Å². The highest BCUT2D eigenvalue weighted by Gasteiger charge is 2.26. The van der Waals surface area contributed by atoms with Crippen molar-refractivity contribution in [2.75, 3.05) is 28.2 Å². The van der Waals surface area contributed by atoms with Crippen molar-refractivity contribution in [2.24, 2.45) is 5.92 Å². The molecule has 1 heterocycles. The molecule has 1 aliphatic rings. The number of aryl methyl sites for hydroxylation is 1. The van der Waals surface area contributed by atoms with E-state index in [4.69, 9.17) is 11.5 Å². The molecule has 32 heavy (non-hydrogen) atoms. The van der Waals surface area contributed by atoms with E-state index in [0.717, 1.165) is 30.6 Å². The molecule has 0 radical (unpaired) electrons. The van der Waals surface area contributed by atoms with Crippen molar-refractivity contribution in [1.82, 2.24) is 0 Å². The maximum atomic E-state index is 12.6. The normalized spacial score (nSPS) is 16.1. The van der Waals surface area contributed by atoms with Crippen LogP contribution < -0.4 is 21.7 Å². The third-order valence-electron chi connectivity index (χ3n) is 5.98. The van der Waals surface area contributed by atoms with E-state index in [9.17, 15) is 9.59 Å². The smallest absolute Gasteiger partial charge is 0.255 e. The van der Waals surface area contributed by atoms with Crippen LogP contribution in [0, 0.1) is 5.92 Å². The predicted octanol–water partition coefficient (Wildman–Crippen LogP) is 4.48. The van der Waals surface area contributed by atoms with Gasteiger partial charge in [0.25, 0.3) is 5.91 Å². The first-order valence-electron chi connectivity index (χ1n) is 10.9. The van der Waals surface area contributed by atoms with Crippen LogP contribution in [0.25, 0.3) is 0 Å². The minimum absolute atomic E-state index is 0.128. The largest absolute Gasteiger partial charge is 0.399 e. The van der Waals surface area contributed by atoms with Gasteiger partial charge < -0.3 is 21.7 Å². The molecule has 1 fully saturated rings. The van der Waals surface area contributed by atoms with Crippen LogP contribution in [0.1, 0.15) is 35.2 Å². The van der Waals surface area contributed by atoms with Gasteiger partial charge in [0.05, 0.1) is 11.4 Å². The van der Waals surface area contributed by atoms with Crippen molar-refractivity contribution < 1.29 is 9.59 Å². The average Bonchev–Trinajstić information content (AvgIpc) is 2.81. The molecule has 1 saturated heterocycles. The number of para-hydroxylation sites is 2. The number of nitrogens with zero attached hydrogens (tertiary/aromatic N) is 1. The van der Waals surface area contributed by atoms with E-state index in [1.165, 1.54) is 5.56 Å². The van der Waals surface area contributed by atoms with Gasteiger partial charge in [0.1, 0.15) is 0 Å². The third kappa shape index (κ3) is 5.09. The summed E-state index contributed by atoms with van der Waals surface area (Å²) in [6.07, 6.45) is 3.44. The summed E-state index contributed by atoms with van der Waals surface area (Å²) in [6, 6.07) is 22.3. The summed E-state index contributed by atoms with van der Waals surface area (Å²) < 4.78 is 0. The van der Waals surface area contributed by atoms with Crippen LogP contribution >= 0.6 is 0 Å². The van der Waals surface area contributed by atoms with Crippen molar-refractivity contribution in [3.63, 3.8) is 0 Å². The summed E-state index contributed by atoms with van der Waals surface area (Å²) in [4.78, 5) is 27.0. The topological polar surface area (TPSA) is 101 Å². The minimum Gasteiger partial charge on any atom is -0.399 e. The fourth-order valence-electron chi connectivity index (χ4n) is 4.05. The van der Waals surface area contributed by atoms with Crippen molar-refractivity contribution in [3.8, 4) is 0 Å². The predicted molar refractivity (Wildman–Crippen MR) is 130 cm³/mol. The Hall–Kier alpha value is -3.80. The average molecular weight is 429 g/mol. The van der Waals surface area contributed by atoms with E-state index in [1.807, 2.05) is 41.3 Å². The second kappa shape index (κ2) is 9.56. The van der Waals surface area contributed by atoms with Gasteiger partial charge in [-0.2, -0.15) is 0 Å². The number of nitrogens with one attached hydrogen (secondary N) is 1. The SMILES string of the molecule is Nc1ccc(CCC2CCC(=O)N(c3ccc(C(=O)Nc4ccccc4N)cc3)C2)cc1. The number of nitrogens with two attached hydrogens (primary N) is 2. The number of rotatable bonds is 6. The van der Waals surface area contributed by atoms with E-state index in [0.29, 0.717) is 35.8 Å². The summed E-state index contributed by atoms with van der Waals surface area (Å²) in [7, 11) is 0. The van der Waals surface area contributed by atoms with Gasteiger partial charge in [0.2, 0.25) is 5.91 Å². The number of piperidine rings is 1. The molecule has 1 unspecified atom stereocenters. The van der Waals surface area contributed by atoms with Gasteiger partial charge in [0.15, 0.2) is 0 Å². The van der Waals surface area contributed by atoms with Crippen LogP contribution in [0.15, 0.2) is 72.8 Å². The third-order valence-corrected chi connectivity index (χ3v) is 5.98. The van der Waals surface area contributed by atoms with Gasteiger partial charge in [-0.3, -0.25) is 9.59 Å². The quantitative estimate of drug-likeness (QED) is 0.504. The zero-order valence-corrected chi connectivity index (χ0v) is 18.0. The van der Waals surface area contributed by atoms with Gasteiger partial charge >= 0.3 is 0 Å². The molecule has 0 bridgehead atoms. The molecule has 1 atom stereocenters. The molecular formula is C26H28N4O2. The van der Waals surface area contributed by atoms with Crippen molar-refractivity contribution in [1.29, 1.82) is 0 Å². The van der Waals surface area contributed by atoms with Crippen molar-refractivity contribution >= 4 is 34.6 Å². The lowest BCUT2D eigenvalue weighted by Crippen LogP contribution is -2.40. The standard InChI is InChI=1S/C26H28N4O2/c27-21-12-7-18(8-13-21)5-6-19-9-16-25(31)30(17-19)22-14-10-20(11-15-22)26(32)29-24-4-2-1-3-23(24)28/h1-4,7-8,10-15,19H,5-6,9,16-17,27-28H2,(H,29,32). The molecule has 0 aliphatic carbocycles. The van der Waals surface area contributed by atoms with E-state index in [-0.39, 0.29) is 11.8 Å². The molecule has 0 aromatic heterocycles. The molecule has 3 aromatic rings. The Bertz CT molecular complexity index is 1090. The maximum Gasteiger partial charge on any atom is 0.255 e. The van der Waals surface area contributed by atoms with E-state index in [1.54, 1.807) is 24.3 Å². The molecule has 3 aromatic carbocycles. The fourth-order valence-corrected chi connectivity index (χ4v) is 4.05. The zero-order chi connectivity index (χ0) is 22.5. The maximum absolute atomic E-state index is 12.6. The lowest BCUT2D eigenvalue weighted by atomic mass is 9.91. The molecule has 6 nitrogen and oxygen atoms in total. The van der Waals surface area contributed by atoms with E-state index >= 15 is 0 Å². The summed E-state index contributed by atoms with van der Waals surface area (Å²) in [5.41, 5.74) is 16.1. The molecule has 164 valence electrons. The van der Waals surface area contributed by atoms with Crippen molar-refractivity contribution in [2.45, 2.75) is 25.7 Å². The fraction of sp³-hybridized carbons (Fsp3) is 0.231.